The van der Waals surface area contributed by atoms with E-state index in [0.29, 0.717) is 18.4 Å². The lowest BCUT2D eigenvalue weighted by molar-refractivity contribution is 0.249. The smallest absolute Gasteiger partial charge is 0.330 e. The van der Waals surface area contributed by atoms with Gasteiger partial charge in [-0.3, -0.25) is 9.80 Å². The Morgan fingerprint density at radius 3 is 2.70 bits per heavy atom. The molecule has 0 radical (unpaired) electrons. The molecule has 2 heterocycles. The van der Waals surface area contributed by atoms with Crippen LogP contribution < -0.4 is 25.6 Å². The first kappa shape index (κ1) is 22.2. The lowest BCUT2D eigenvalue weighted by Crippen LogP contribution is -2.49. The minimum atomic E-state index is -0.647. The first-order valence-electron chi connectivity index (χ1n) is 11.6. The summed E-state index contributed by atoms with van der Waals surface area (Å²) < 4.78 is 20.7. The minimum Gasteiger partial charge on any atom is -0.491 e. The molecule has 5 rings (SSSR count). The Morgan fingerprint density at radius 1 is 1.24 bits per heavy atom. The number of ether oxygens (including phenoxy) is 1. The third-order valence-corrected chi connectivity index (χ3v) is 6.76. The van der Waals surface area contributed by atoms with E-state index in [1.807, 2.05) is 0 Å². The highest BCUT2D eigenvalue weighted by molar-refractivity contribution is 6.34. The summed E-state index contributed by atoms with van der Waals surface area (Å²) in [7, 11) is 0. The number of carbonyl (C=O) groups is 1. The summed E-state index contributed by atoms with van der Waals surface area (Å²) in [6, 6.07) is 3.25. The highest BCUT2D eigenvalue weighted by Gasteiger charge is 2.43. The summed E-state index contributed by atoms with van der Waals surface area (Å²) in [5, 5.41) is 3.55. The number of hydrogen-bond donors (Lipinski definition) is 2. The Morgan fingerprint density at radius 2 is 2.00 bits per heavy atom. The molecule has 1 aromatic heterocycles. The number of halogens is 2. The summed E-state index contributed by atoms with van der Waals surface area (Å²) >= 11 is 6.36. The zero-order valence-corrected chi connectivity index (χ0v) is 19.3. The predicted molar refractivity (Wildman–Crippen MR) is 126 cm³/mol. The molecule has 2 aromatic rings. The van der Waals surface area contributed by atoms with Gasteiger partial charge in [0.2, 0.25) is 5.95 Å². The van der Waals surface area contributed by atoms with Crippen molar-refractivity contribution in [3.05, 3.63) is 34.7 Å². The van der Waals surface area contributed by atoms with Crippen LogP contribution in [0.3, 0.4) is 0 Å². The molecule has 2 amide bonds. The molecule has 2 aliphatic carbocycles. The van der Waals surface area contributed by atoms with E-state index in [-0.39, 0.29) is 47.2 Å². The molecular weight excluding hydrogens is 447 g/mol. The molecular formula is C23H28ClFN6O2. The Balaban J connectivity index is 1.47. The van der Waals surface area contributed by atoms with Gasteiger partial charge in [-0.1, -0.05) is 11.6 Å². The van der Waals surface area contributed by atoms with Crippen molar-refractivity contribution < 1.29 is 13.9 Å². The van der Waals surface area contributed by atoms with Crippen molar-refractivity contribution in [3.63, 3.8) is 0 Å². The topological polar surface area (TPSA) is 96.6 Å². The minimum absolute atomic E-state index is 0.0182. The van der Waals surface area contributed by atoms with Crippen molar-refractivity contribution in [1.29, 1.82) is 0 Å². The number of aromatic nitrogens is 2. The van der Waals surface area contributed by atoms with Gasteiger partial charge in [-0.05, 0) is 57.6 Å². The molecule has 1 aromatic carbocycles. The van der Waals surface area contributed by atoms with Crippen molar-refractivity contribution in [3.8, 4) is 5.75 Å². The number of urea groups is 1. The molecule has 8 nitrogen and oxygen atoms in total. The zero-order valence-electron chi connectivity index (χ0n) is 18.6. The number of hydrogen-bond acceptors (Lipinski definition) is 6. The molecule has 3 N–H and O–H groups in total. The van der Waals surface area contributed by atoms with E-state index < -0.39 is 5.82 Å². The SMILES string of the molecule is CCOc1ccc(Cl)c(N2Cc3cnc(NC4CCC(N)CC4)nc3N(C3CC3)C2=O)c1F. The summed E-state index contributed by atoms with van der Waals surface area (Å²) in [5.74, 6) is 0.507. The fourth-order valence-electron chi connectivity index (χ4n) is 4.57. The van der Waals surface area contributed by atoms with Crippen molar-refractivity contribution >= 4 is 35.1 Å². The second kappa shape index (κ2) is 8.95. The molecule has 1 aliphatic heterocycles. The Bertz CT molecular complexity index is 1060. The number of fused-ring (bicyclic) bond motifs is 1. The molecule has 2 fully saturated rings. The van der Waals surface area contributed by atoms with Crippen molar-refractivity contribution in [2.24, 2.45) is 5.73 Å². The average Bonchev–Trinajstić information content (AvgIpc) is 3.63. The molecule has 0 saturated heterocycles. The van der Waals surface area contributed by atoms with Crippen LogP contribution in [0.4, 0.5) is 26.6 Å². The maximum atomic E-state index is 15.3. The third-order valence-electron chi connectivity index (χ3n) is 6.45. The van der Waals surface area contributed by atoms with Crippen molar-refractivity contribution in [2.45, 2.75) is 70.1 Å². The first-order valence-corrected chi connectivity index (χ1v) is 11.9. The molecule has 33 heavy (non-hydrogen) atoms. The summed E-state index contributed by atoms with van der Waals surface area (Å²) in [4.78, 5) is 25.8. The van der Waals surface area contributed by atoms with Crippen LogP contribution in [0.25, 0.3) is 0 Å². The predicted octanol–water partition coefficient (Wildman–Crippen LogP) is 4.46. The van der Waals surface area contributed by atoms with Crippen LogP contribution in [0.15, 0.2) is 18.3 Å². The van der Waals surface area contributed by atoms with Crippen LogP contribution in [0.1, 0.15) is 51.0 Å². The lowest BCUT2D eigenvalue weighted by atomic mass is 9.92. The Hall–Kier alpha value is -2.65. The van der Waals surface area contributed by atoms with Gasteiger partial charge in [-0.15, -0.1) is 0 Å². The van der Waals surface area contributed by atoms with Gasteiger partial charge in [0.05, 0.1) is 18.2 Å². The average molecular weight is 475 g/mol. The van der Waals surface area contributed by atoms with Crippen LogP contribution in [-0.4, -0.2) is 40.7 Å². The Kier molecular flexibility index (Phi) is 6.01. The van der Waals surface area contributed by atoms with E-state index in [4.69, 9.17) is 27.1 Å². The van der Waals surface area contributed by atoms with Crippen molar-refractivity contribution in [2.75, 3.05) is 21.7 Å². The molecule has 176 valence electrons. The molecule has 0 bridgehead atoms. The van der Waals surface area contributed by atoms with E-state index in [1.165, 1.54) is 11.0 Å². The fraction of sp³-hybridized carbons (Fsp3) is 0.522. The van der Waals surface area contributed by atoms with E-state index >= 15 is 4.39 Å². The van der Waals surface area contributed by atoms with E-state index in [0.717, 1.165) is 44.1 Å². The molecule has 10 heteroatoms. The van der Waals surface area contributed by atoms with Gasteiger partial charge in [0, 0.05) is 29.9 Å². The van der Waals surface area contributed by atoms with Crippen molar-refractivity contribution in [1.82, 2.24) is 9.97 Å². The zero-order chi connectivity index (χ0) is 23.1. The third kappa shape index (κ3) is 4.31. The van der Waals surface area contributed by atoms with E-state index in [9.17, 15) is 4.79 Å². The van der Waals surface area contributed by atoms with Crippen LogP contribution in [0, 0.1) is 5.82 Å². The summed E-state index contributed by atoms with van der Waals surface area (Å²) in [6.07, 6.45) is 7.34. The summed E-state index contributed by atoms with van der Waals surface area (Å²) in [6.45, 7) is 2.21. The number of nitrogens with zero attached hydrogens (tertiary/aromatic N) is 4. The normalized spacial score (nSPS) is 22.8. The second-order valence-corrected chi connectivity index (χ2v) is 9.32. The van der Waals surface area contributed by atoms with E-state index in [2.05, 4.69) is 10.3 Å². The van der Waals surface area contributed by atoms with Crippen LogP contribution in [0.5, 0.6) is 5.75 Å². The van der Waals surface area contributed by atoms with Gasteiger partial charge < -0.3 is 15.8 Å². The van der Waals surface area contributed by atoms with Gasteiger partial charge in [0.15, 0.2) is 11.6 Å². The highest BCUT2D eigenvalue weighted by atomic mass is 35.5. The molecule has 0 unspecified atom stereocenters. The monoisotopic (exact) mass is 474 g/mol. The standard InChI is InChI=1S/C23H28ClFN6O2/c1-2-33-18-10-9-17(24)20(19(18)25)30-12-13-11-27-22(28-15-5-3-14(26)4-6-15)29-21(13)31(23(30)32)16-7-8-16/h9-11,14-16H,2-8,12,26H2,1H3,(H,27,28,29). The molecule has 3 aliphatic rings. The number of benzene rings is 1. The number of nitrogens with two attached hydrogens (primary N) is 1. The number of rotatable bonds is 6. The number of anilines is 3. The van der Waals surface area contributed by atoms with Gasteiger partial charge in [-0.25, -0.2) is 14.2 Å². The molecule has 0 spiro atoms. The number of carbonyl (C=O) groups excluding carboxylic acids is 1. The van der Waals surface area contributed by atoms with Gasteiger partial charge in [0.1, 0.15) is 11.5 Å². The lowest BCUT2D eigenvalue weighted by Gasteiger charge is -2.37. The number of amides is 2. The molecule has 0 atom stereocenters. The van der Waals surface area contributed by atoms with Gasteiger partial charge in [0.25, 0.3) is 0 Å². The quantitative estimate of drug-likeness (QED) is 0.641. The largest absolute Gasteiger partial charge is 0.491 e. The Labute approximate surface area is 197 Å². The fourth-order valence-corrected chi connectivity index (χ4v) is 4.81. The highest BCUT2D eigenvalue weighted by Crippen LogP contribution is 2.42. The maximum absolute atomic E-state index is 15.3. The molecule has 2 saturated carbocycles. The van der Waals surface area contributed by atoms with Crippen LogP contribution >= 0.6 is 11.6 Å². The van der Waals surface area contributed by atoms with Crippen LogP contribution in [0.2, 0.25) is 5.02 Å². The second-order valence-electron chi connectivity index (χ2n) is 8.91. The van der Waals surface area contributed by atoms with Gasteiger partial charge in [-0.2, -0.15) is 4.98 Å². The number of nitrogens with one attached hydrogen (secondary N) is 1. The maximum Gasteiger partial charge on any atom is 0.330 e. The van der Waals surface area contributed by atoms with Gasteiger partial charge >= 0.3 is 6.03 Å². The van der Waals surface area contributed by atoms with Crippen LogP contribution in [-0.2, 0) is 6.54 Å². The van der Waals surface area contributed by atoms with E-state index in [1.54, 1.807) is 24.1 Å². The summed E-state index contributed by atoms with van der Waals surface area (Å²) in [5.41, 5.74) is 6.78. The first-order chi connectivity index (χ1) is 16.0.